The molecular formula is C12H13N5OS. The molecule has 0 fully saturated rings. The molecule has 0 radical (unpaired) electrons. The highest BCUT2D eigenvalue weighted by Gasteiger charge is 2.10. The van der Waals surface area contributed by atoms with Crippen LogP contribution >= 0.6 is 11.8 Å². The maximum atomic E-state index is 11.7. The Bertz CT molecular complexity index is 585. The number of rotatable bonds is 3. The lowest BCUT2D eigenvalue weighted by Gasteiger charge is -2.09. The van der Waals surface area contributed by atoms with Crippen LogP contribution in [0, 0.1) is 0 Å². The van der Waals surface area contributed by atoms with Gasteiger partial charge in [0.05, 0.1) is 11.9 Å². The minimum atomic E-state index is -0.174. The average Bonchev–Trinajstić information content (AvgIpc) is 2.41. The van der Waals surface area contributed by atoms with Gasteiger partial charge < -0.3 is 10.6 Å². The summed E-state index contributed by atoms with van der Waals surface area (Å²) < 4.78 is 0. The summed E-state index contributed by atoms with van der Waals surface area (Å²) in [6.07, 6.45) is 3.25. The van der Waals surface area contributed by atoms with Crippen LogP contribution in [0.25, 0.3) is 0 Å². The summed E-state index contributed by atoms with van der Waals surface area (Å²) in [5.74, 6) is -0.174. The molecule has 0 aliphatic carbocycles. The van der Waals surface area contributed by atoms with Gasteiger partial charge >= 0.3 is 0 Å². The molecule has 0 atom stereocenters. The lowest BCUT2D eigenvalue weighted by Crippen LogP contribution is -2.23. The van der Waals surface area contributed by atoms with E-state index in [4.69, 9.17) is 5.73 Å². The van der Waals surface area contributed by atoms with E-state index in [9.17, 15) is 4.79 Å². The van der Waals surface area contributed by atoms with Gasteiger partial charge in [-0.1, -0.05) is 11.8 Å². The van der Waals surface area contributed by atoms with E-state index in [1.807, 2.05) is 0 Å². The van der Waals surface area contributed by atoms with Gasteiger partial charge in [-0.2, -0.15) is 0 Å². The molecule has 0 saturated heterocycles. The predicted molar refractivity (Wildman–Crippen MR) is 72.8 cm³/mol. The molecule has 2 rings (SSSR count). The van der Waals surface area contributed by atoms with E-state index in [2.05, 4.69) is 15.2 Å². The van der Waals surface area contributed by atoms with Gasteiger partial charge in [-0.05, 0) is 18.2 Å². The number of amides is 1. The number of hydrogen-bond acceptors (Lipinski definition) is 6. The standard InChI is InChI=1S/C12H13N5OS/c1-17(2)12(18)9-3-4-11(16-15-9)19-10-5-6-14-7-8(10)13/h3-7H,13H2,1-2H3. The fraction of sp³-hybridized carbons (Fsp3) is 0.167. The van der Waals surface area contributed by atoms with E-state index in [0.29, 0.717) is 16.4 Å². The smallest absolute Gasteiger partial charge is 0.273 e. The minimum Gasteiger partial charge on any atom is -0.397 e. The van der Waals surface area contributed by atoms with Gasteiger partial charge in [0.25, 0.3) is 5.91 Å². The Morgan fingerprint density at radius 3 is 2.63 bits per heavy atom. The maximum absolute atomic E-state index is 11.7. The first kappa shape index (κ1) is 13.3. The summed E-state index contributed by atoms with van der Waals surface area (Å²) in [6.45, 7) is 0. The number of nitrogens with two attached hydrogens (primary N) is 1. The van der Waals surface area contributed by atoms with Crippen molar-refractivity contribution < 1.29 is 4.79 Å². The highest BCUT2D eigenvalue weighted by molar-refractivity contribution is 7.99. The van der Waals surface area contributed by atoms with E-state index in [-0.39, 0.29) is 5.91 Å². The average molecular weight is 275 g/mol. The van der Waals surface area contributed by atoms with Crippen molar-refractivity contribution in [2.24, 2.45) is 0 Å². The van der Waals surface area contributed by atoms with E-state index in [1.165, 1.54) is 16.7 Å². The molecule has 98 valence electrons. The second-order valence-corrected chi connectivity index (χ2v) is 5.03. The first-order chi connectivity index (χ1) is 9.08. The van der Waals surface area contributed by atoms with Crippen LogP contribution in [0.15, 0.2) is 40.5 Å². The fourth-order valence-electron chi connectivity index (χ4n) is 1.32. The molecule has 0 aliphatic rings. The molecule has 0 unspecified atom stereocenters. The van der Waals surface area contributed by atoms with Crippen LogP contribution < -0.4 is 5.73 Å². The molecule has 19 heavy (non-hydrogen) atoms. The van der Waals surface area contributed by atoms with Crippen molar-refractivity contribution in [3.8, 4) is 0 Å². The van der Waals surface area contributed by atoms with Crippen LogP contribution in [0.3, 0.4) is 0 Å². The lowest BCUT2D eigenvalue weighted by atomic mass is 10.3. The molecule has 2 heterocycles. The minimum absolute atomic E-state index is 0.174. The topological polar surface area (TPSA) is 85.0 Å². The number of hydrogen-bond donors (Lipinski definition) is 1. The molecule has 0 saturated carbocycles. The van der Waals surface area contributed by atoms with Crippen molar-refractivity contribution in [3.63, 3.8) is 0 Å². The van der Waals surface area contributed by atoms with E-state index in [1.54, 1.807) is 44.7 Å². The third kappa shape index (κ3) is 3.19. The summed E-state index contributed by atoms with van der Waals surface area (Å²) in [6, 6.07) is 5.20. The number of aromatic nitrogens is 3. The van der Waals surface area contributed by atoms with Crippen LogP contribution in [-0.4, -0.2) is 40.1 Å². The van der Waals surface area contributed by atoms with E-state index in [0.717, 1.165) is 4.90 Å². The molecule has 2 N–H and O–H groups in total. The summed E-state index contributed by atoms with van der Waals surface area (Å²) in [5, 5.41) is 8.59. The number of carbonyl (C=O) groups is 1. The van der Waals surface area contributed by atoms with Crippen molar-refractivity contribution in [3.05, 3.63) is 36.3 Å². The molecule has 2 aromatic heterocycles. The Morgan fingerprint density at radius 2 is 2.05 bits per heavy atom. The van der Waals surface area contributed by atoms with Crippen LogP contribution in [-0.2, 0) is 0 Å². The molecule has 0 aliphatic heterocycles. The normalized spacial score (nSPS) is 10.2. The number of nitrogen functional groups attached to an aromatic ring is 1. The predicted octanol–water partition coefficient (Wildman–Crippen LogP) is 1.31. The number of nitrogens with zero attached hydrogens (tertiary/aromatic N) is 4. The molecular weight excluding hydrogens is 262 g/mol. The molecule has 2 aromatic rings. The van der Waals surface area contributed by atoms with Crippen molar-refractivity contribution in [1.82, 2.24) is 20.1 Å². The van der Waals surface area contributed by atoms with Gasteiger partial charge in [-0.25, -0.2) is 0 Å². The van der Waals surface area contributed by atoms with Crippen LogP contribution in [0.2, 0.25) is 0 Å². The van der Waals surface area contributed by atoms with Crippen LogP contribution in [0.1, 0.15) is 10.5 Å². The zero-order valence-electron chi connectivity index (χ0n) is 10.6. The van der Waals surface area contributed by atoms with Crippen LogP contribution in [0.4, 0.5) is 5.69 Å². The molecule has 7 heteroatoms. The zero-order chi connectivity index (χ0) is 13.8. The Morgan fingerprint density at radius 1 is 1.26 bits per heavy atom. The highest BCUT2D eigenvalue weighted by atomic mass is 32.2. The van der Waals surface area contributed by atoms with E-state index >= 15 is 0 Å². The Hall–Kier alpha value is -2.15. The van der Waals surface area contributed by atoms with Gasteiger partial charge in [-0.3, -0.25) is 9.78 Å². The molecule has 0 aromatic carbocycles. The molecule has 1 amide bonds. The first-order valence-corrected chi connectivity index (χ1v) is 6.32. The number of carbonyl (C=O) groups excluding carboxylic acids is 1. The van der Waals surface area contributed by atoms with Gasteiger partial charge in [0, 0.05) is 25.2 Å². The third-order valence-corrected chi connectivity index (χ3v) is 3.31. The summed E-state index contributed by atoms with van der Waals surface area (Å²) in [7, 11) is 3.34. The quantitative estimate of drug-likeness (QED) is 0.909. The Balaban J connectivity index is 2.16. The fourth-order valence-corrected chi connectivity index (χ4v) is 2.06. The SMILES string of the molecule is CN(C)C(=O)c1ccc(Sc2ccncc2N)nn1. The van der Waals surface area contributed by atoms with Gasteiger partial charge in [0.1, 0.15) is 5.03 Å². The summed E-state index contributed by atoms with van der Waals surface area (Å²) in [4.78, 5) is 17.9. The van der Waals surface area contributed by atoms with Crippen molar-refractivity contribution in [1.29, 1.82) is 0 Å². The number of pyridine rings is 1. The largest absolute Gasteiger partial charge is 0.397 e. The zero-order valence-corrected chi connectivity index (χ0v) is 11.4. The first-order valence-electron chi connectivity index (χ1n) is 5.50. The maximum Gasteiger partial charge on any atom is 0.273 e. The van der Waals surface area contributed by atoms with Crippen molar-refractivity contribution in [2.75, 3.05) is 19.8 Å². The molecule has 6 nitrogen and oxygen atoms in total. The number of anilines is 1. The van der Waals surface area contributed by atoms with Crippen molar-refractivity contribution in [2.45, 2.75) is 9.92 Å². The second-order valence-electron chi connectivity index (χ2n) is 3.97. The van der Waals surface area contributed by atoms with Gasteiger partial charge in [0.15, 0.2) is 5.69 Å². The Kier molecular flexibility index (Phi) is 3.96. The van der Waals surface area contributed by atoms with E-state index < -0.39 is 0 Å². The van der Waals surface area contributed by atoms with Crippen molar-refractivity contribution >= 4 is 23.4 Å². The lowest BCUT2D eigenvalue weighted by molar-refractivity contribution is 0.0820. The van der Waals surface area contributed by atoms with Gasteiger partial charge in [0.2, 0.25) is 0 Å². The second kappa shape index (κ2) is 5.66. The molecule has 0 bridgehead atoms. The summed E-state index contributed by atoms with van der Waals surface area (Å²) >= 11 is 1.38. The Labute approximate surface area is 115 Å². The highest BCUT2D eigenvalue weighted by Crippen LogP contribution is 2.29. The van der Waals surface area contributed by atoms with Gasteiger partial charge in [-0.15, -0.1) is 10.2 Å². The molecule has 0 spiro atoms. The third-order valence-electron chi connectivity index (χ3n) is 2.29. The van der Waals surface area contributed by atoms with Crippen LogP contribution in [0.5, 0.6) is 0 Å². The summed E-state index contributed by atoms with van der Waals surface area (Å²) in [5.41, 5.74) is 6.70. The monoisotopic (exact) mass is 275 g/mol.